The Kier molecular flexibility index (Phi) is 6.84. The van der Waals surface area contributed by atoms with E-state index in [9.17, 15) is 9.59 Å². The van der Waals surface area contributed by atoms with Gasteiger partial charge in [-0.3, -0.25) is 5.32 Å². The molecule has 0 atom stereocenters. The van der Waals surface area contributed by atoms with Crippen molar-refractivity contribution in [2.45, 2.75) is 10.4 Å². The number of hydrogen-bond donors (Lipinski definition) is 2. The van der Waals surface area contributed by atoms with E-state index in [1.807, 2.05) is 35.2 Å². The normalized spacial score (nSPS) is 13.4. The number of para-hydroxylation sites is 2. The molecule has 0 saturated carbocycles. The van der Waals surface area contributed by atoms with Crippen LogP contribution in [0.4, 0.5) is 22.4 Å². The number of benzene rings is 2. The highest BCUT2D eigenvalue weighted by atomic mass is 32.2. The van der Waals surface area contributed by atoms with E-state index in [0.717, 1.165) is 17.1 Å². The fraction of sp³-hybridized carbons (Fsp3) is 0.160. The number of hydrogen-bond acceptors (Lipinski definition) is 12. The van der Waals surface area contributed by atoms with Crippen molar-refractivity contribution in [1.82, 2.24) is 25.1 Å². The van der Waals surface area contributed by atoms with Crippen LogP contribution in [0.1, 0.15) is 0 Å². The van der Waals surface area contributed by atoms with E-state index in [4.69, 9.17) is 13.6 Å². The summed E-state index contributed by atoms with van der Waals surface area (Å²) >= 11 is 0.971. The Morgan fingerprint density at radius 1 is 0.897 bits per heavy atom. The molecule has 2 aromatic carbocycles. The van der Waals surface area contributed by atoms with Crippen LogP contribution in [0, 0.1) is 0 Å². The summed E-state index contributed by atoms with van der Waals surface area (Å²) in [7, 11) is 0. The zero-order valence-electron chi connectivity index (χ0n) is 20.2. The van der Waals surface area contributed by atoms with Crippen LogP contribution in [0.5, 0.6) is 0 Å². The zero-order valence-corrected chi connectivity index (χ0v) is 21.1. The second kappa shape index (κ2) is 10.9. The first-order valence-corrected chi connectivity index (χ1v) is 12.7. The number of morpholine rings is 1. The summed E-state index contributed by atoms with van der Waals surface area (Å²) in [5, 5.41) is 14.4. The highest BCUT2D eigenvalue weighted by molar-refractivity contribution is 7.98. The molecule has 4 heterocycles. The van der Waals surface area contributed by atoms with Crippen LogP contribution >= 0.6 is 11.8 Å². The third-order valence-corrected chi connectivity index (χ3v) is 6.32. The number of nitrogens with zero attached hydrogens (tertiary/aromatic N) is 6. The summed E-state index contributed by atoms with van der Waals surface area (Å²) in [5.41, 5.74) is 0.610. The molecule has 1 aliphatic rings. The molecule has 1 saturated heterocycles. The third-order valence-electron chi connectivity index (χ3n) is 5.61. The van der Waals surface area contributed by atoms with Gasteiger partial charge in [0.2, 0.25) is 17.1 Å². The summed E-state index contributed by atoms with van der Waals surface area (Å²) in [6.07, 6.45) is 0. The standard InChI is InChI=1S/C25H20N8O5S/c34-20-17(14-15-6-4-5-9-18(15)37-20)19-31-32-25(38-19)39-24-29-21(27-22(30-24)33-10-12-36-13-11-33)28-23(35)26-16-7-2-1-3-8-16/h1-9,14H,10-13H2,(H2,26,27,28,29,30,35). The second-order valence-corrected chi connectivity index (χ2v) is 9.17. The molecule has 0 aliphatic carbocycles. The monoisotopic (exact) mass is 544 g/mol. The lowest BCUT2D eigenvalue weighted by Gasteiger charge is -2.26. The molecule has 3 aromatic heterocycles. The van der Waals surface area contributed by atoms with Gasteiger partial charge in [-0.15, -0.1) is 10.2 Å². The number of ether oxygens (including phenoxy) is 1. The molecule has 0 bridgehead atoms. The van der Waals surface area contributed by atoms with Crippen molar-refractivity contribution in [3.05, 3.63) is 71.1 Å². The average Bonchev–Trinajstić information content (AvgIpc) is 3.41. The van der Waals surface area contributed by atoms with Gasteiger partial charge in [0.15, 0.2) is 0 Å². The predicted molar refractivity (Wildman–Crippen MR) is 142 cm³/mol. The van der Waals surface area contributed by atoms with E-state index in [0.29, 0.717) is 43.5 Å². The highest BCUT2D eigenvalue weighted by Crippen LogP contribution is 2.29. The number of aromatic nitrogens is 5. The molecule has 0 spiro atoms. The first-order valence-electron chi connectivity index (χ1n) is 11.9. The van der Waals surface area contributed by atoms with Crippen molar-refractivity contribution in [3.8, 4) is 11.5 Å². The summed E-state index contributed by atoms with van der Waals surface area (Å²) in [4.78, 5) is 40.3. The highest BCUT2D eigenvalue weighted by Gasteiger charge is 2.21. The van der Waals surface area contributed by atoms with Crippen molar-refractivity contribution in [2.75, 3.05) is 41.8 Å². The Morgan fingerprint density at radius 2 is 1.69 bits per heavy atom. The van der Waals surface area contributed by atoms with E-state index in [1.165, 1.54) is 0 Å². The van der Waals surface area contributed by atoms with Crippen molar-refractivity contribution >= 4 is 46.3 Å². The van der Waals surface area contributed by atoms with Crippen LogP contribution in [-0.2, 0) is 4.74 Å². The maximum Gasteiger partial charge on any atom is 0.349 e. The molecule has 0 unspecified atom stereocenters. The lowest BCUT2D eigenvalue weighted by atomic mass is 10.2. The predicted octanol–water partition coefficient (Wildman–Crippen LogP) is 3.66. The molecule has 6 rings (SSSR count). The lowest BCUT2D eigenvalue weighted by molar-refractivity contribution is 0.122. The Balaban J connectivity index is 1.26. The lowest BCUT2D eigenvalue weighted by Crippen LogP contribution is -2.37. The molecule has 196 valence electrons. The Hall–Kier alpha value is -4.82. The van der Waals surface area contributed by atoms with Gasteiger partial charge in [-0.1, -0.05) is 36.4 Å². The van der Waals surface area contributed by atoms with Gasteiger partial charge in [-0.05, 0) is 24.3 Å². The van der Waals surface area contributed by atoms with Crippen molar-refractivity contribution in [1.29, 1.82) is 0 Å². The van der Waals surface area contributed by atoms with E-state index >= 15 is 0 Å². The van der Waals surface area contributed by atoms with Crippen molar-refractivity contribution in [2.24, 2.45) is 0 Å². The van der Waals surface area contributed by atoms with Gasteiger partial charge in [0, 0.05) is 35.9 Å². The molecule has 5 aromatic rings. The zero-order chi connectivity index (χ0) is 26.6. The number of carbonyl (C=O) groups is 1. The molecule has 2 amide bonds. The molecule has 2 N–H and O–H groups in total. The molecule has 39 heavy (non-hydrogen) atoms. The number of anilines is 3. The van der Waals surface area contributed by atoms with Crippen LogP contribution in [0.15, 0.2) is 84.7 Å². The van der Waals surface area contributed by atoms with Crippen LogP contribution in [0.2, 0.25) is 0 Å². The number of fused-ring (bicyclic) bond motifs is 1. The number of nitrogens with one attached hydrogen (secondary N) is 2. The Labute approximate surface area is 224 Å². The van der Waals surface area contributed by atoms with Gasteiger partial charge < -0.3 is 23.8 Å². The van der Waals surface area contributed by atoms with Crippen molar-refractivity contribution < 1.29 is 18.4 Å². The molecular weight excluding hydrogens is 524 g/mol. The first kappa shape index (κ1) is 24.5. The Morgan fingerprint density at radius 3 is 2.54 bits per heavy atom. The maximum atomic E-state index is 12.6. The fourth-order valence-corrected chi connectivity index (χ4v) is 4.40. The summed E-state index contributed by atoms with van der Waals surface area (Å²) < 4.78 is 16.5. The molecule has 13 nitrogen and oxygen atoms in total. The summed E-state index contributed by atoms with van der Waals surface area (Å²) in [6.45, 7) is 2.19. The quantitative estimate of drug-likeness (QED) is 0.299. The van der Waals surface area contributed by atoms with E-state index in [2.05, 4.69) is 35.8 Å². The SMILES string of the molecule is O=C(Nc1ccccc1)Nc1nc(Sc2nnc(-c3cc4ccccc4oc3=O)o2)nc(N2CCOCC2)n1. The van der Waals surface area contributed by atoms with Crippen LogP contribution in [0.25, 0.3) is 22.4 Å². The van der Waals surface area contributed by atoms with Gasteiger partial charge in [0.25, 0.3) is 11.1 Å². The van der Waals surface area contributed by atoms with Crippen molar-refractivity contribution in [3.63, 3.8) is 0 Å². The topological polar surface area (TPSA) is 161 Å². The van der Waals surface area contributed by atoms with Crippen LogP contribution in [-0.4, -0.2) is 57.5 Å². The molecular formula is C25H20N8O5S. The minimum Gasteiger partial charge on any atom is -0.422 e. The average molecular weight is 545 g/mol. The van der Waals surface area contributed by atoms with Gasteiger partial charge >= 0.3 is 11.7 Å². The van der Waals surface area contributed by atoms with Gasteiger partial charge in [-0.2, -0.15) is 15.0 Å². The molecule has 14 heteroatoms. The molecule has 1 aliphatic heterocycles. The van der Waals surface area contributed by atoms with Gasteiger partial charge in [0.1, 0.15) is 11.1 Å². The van der Waals surface area contributed by atoms with Crippen LogP contribution < -0.4 is 21.2 Å². The minimum atomic E-state index is -0.598. The largest absolute Gasteiger partial charge is 0.422 e. The third kappa shape index (κ3) is 5.71. The first-order chi connectivity index (χ1) is 19.1. The smallest absolute Gasteiger partial charge is 0.349 e. The molecule has 0 radical (unpaired) electrons. The van der Waals surface area contributed by atoms with Gasteiger partial charge in [-0.25, -0.2) is 9.59 Å². The van der Waals surface area contributed by atoms with E-state index in [-0.39, 0.29) is 27.8 Å². The summed E-state index contributed by atoms with van der Waals surface area (Å²) in [6, 6.07) is 17.2. The van der Waals surface area contributed by atoms with E-state index in [1.54, 1.807) is 30.3 Å². The fourth-order valence-electron chi connectivity index (χ4n) is 3.79. The Bertz CT molecular complexity index is 1690. The second-order valence-electron chi connectivity index (χ2n) is 8.25. The van der Waals surface area contributed by atoms with E-state index < -0.39 is 11.7 Å². The molecule has 1 fully saturated rings. The minimum absolute atomic E-state index is 0.0000456. The van der Waals surface area contributed by atoms with Gasteiger partial charge in [0.05, 0.1) is 13.2 Å². The van der Waals surface area contributed by atoms with Crippen LogP contribution in [0.3, 0.4) is 0 Å². The number of urea groups is 1. The number of carbonyl (C=O) groups excluding carboxylic acids is 1. The summed E-state index contributed by atoms with van der Waals surface area (Å²) in [5.74, 6) is 0.401. The number of rotatable bonds is 6. The number of amides is 2. The maximum absolute atomic E-state index is 12.6.